The van der Waals surface area contributed by atoms with Gasteiger partial charge in [0.1, 0.15) is 0 Å². The highest BCUT2D eigenvalue weighted by molar-refractivity contribution is 5.79. The van der Waals surface area contributed by atoms with Crippen LogP contribution in [0.3, 0.4) is 0 Å². The molecule has 0 rings (SSSR count). The number of rotatable bonds is 11. The monoisotopic (exact) mass is 242 g/mol. The molecule has 0 saturated carbocycles. The fraction of sp³-hybridized carbons (Fsp3) is 0.929. The number of carbonyl (C=O) groups excluding carboxylic acids is 1. The molecule has 0 spiro atoms. The Labute approximate surface area is 107 Å². The first kappa shape index (κ1) is 16.4. The second-order valence-corrected chi connectivity index (χ2v) is 5.19. The maximum absolute atomic E-state index is 11.2. The Morgan fingerprint density at radius 3 is 2.06 bits per heavy atom. The van der Waals surface area contributed by atoms with E-state index in [4.69, 9.17) is 5.73 Å². The van der Waals surface area contributed by atoms with E-state index in [1.54, 1.807) is 0 Å². The van der Waals surface area contributed by atoms with Gasteiger partial charge in [-0.1, -0.05) is 65.7 Å². The second kappa shape index (κ2) is 10.6. The molecule has 0 bridgehead atoms. The van der Waals surface area contributed by atoms with Crippen LogP contribution < -0.4 is 11.1 Å². The summed E-state index contributed by atoms with van der Waals surface area (Å²) in [4.78, 5) is 11.2. The van der Waals surface area contributed by atoms with E-state index < -0.39 is 0 Å². The Hall–Kier alpha value is -0.570. The molecule has 0 aromatic heterocycles. The topological polar surface area (TPSA) is 55.1 Å². The minimum Gasteiger partial charge on any atom is -0.368 e. The number of amides is 1. The van der Waals surface area contributed by atoms with Crippen LogP contribution in [0.1, 0.15) is 72.1 Å². The van der Waals surface area contributed by atoms with E-state index in [9.17, 15) is 4.79 Å². The summed E-state index contributed by atoms with van der Waals surface area (Å²) in [7, 11) is 0. The van der Waals surface area contributed by atoms with Gasteiger partial charge in [0.15, 0.2) is 0 Å². The zero-order valence-corrected chi connectivity index (χ0v) is 11.8. The van der Waals surface area contributed by atoms with Crippen molar-refractivity contribution in [3.8, 4) is 0 Å². The molecule has 0 aliphatic rings. The molecule has 1 unspecified atom stereocenters. The summed E-state index contributed by atoms with van der Waals surface area (Å²) in [5, 5.41) is 3.22. The molecule has 3 heteroatoms. The molecule has 1 atom stereocenters. The quantitative estimate of drug-likeness (QED) is 0.547. The highest BCUT2D eigenvalue weighted by atomic mass is 16.1. The van der Waals surface area contributed by atoms with Gasteiger partial charge in [0.25, 0.3) is 0 Å². The van der Waals surface area contributed by atoms with Crippen molar-refractivity contribution in [1.29, 1.82) is 0 Å². The number of nitrogens with one attached hydrogen (secondary N) is 1. The highest BCUT2D eigenvalue weighted by Crippen LogP contribution is 2.10. The van der Waals surface area contributed by atoms with E-state index in [-0.39, 0.29) is 11.9 Å². The largest absolute Gasteiger partial charge is 0.368 e. The summed E-state index contributed by atoms with van der Waals surface area (Å²) >= 11 is 0. The molecule has 0 radical (unpaired) electrons. The SMILES string of the molecule is CCCCCCCCCC(NC(C)C)C(N)=O. The van der Waals surface area contributed by atoms with Crippen molar-refractivity contribution >= 4 is 5.91 Å². The van der Waals surface area contributed by atoms with Crippen LogP contribution >= 0.6 is 0 Å². The lowest BCUT2D eigenvalue weighted by Gasteiger charge is -2.17. The van der Waals surface area contributed by atoms with Gasteiger partial charge in [-0.25, -0.2) is 0 Å². The summed E-state index contributed by atoms with van der Waals surface area (Å²) in [6.45, 7) is 6.32. The Bertz CT molecular complexity index is 193. The van der Waals surface area contributed by atoms with Crippen LogP contribution in [0.15, 0.2) is 0 Å². The van der Waals surface area contributed by atoms with Gasteiger partial charge in [-0.2, -0.15) is 0 Å². The van der Waals surface area contributed by atoms with Crippen molar-refractivity contribution in [3.05, 3.63) is 0 Å². The maximum Gasteiger partial charge on any atom is 0.234 e. The van der Waals surface area contributed by atoms with Crippen LogP contribution in [-0.2, 0) is 4.79 Å². The molecule has 0 saturated heterocycles. The van der Waals surface area contributed by atoms with Crippen LogP contribution in [0.4, 0.5) is 0 Å². The zero-order valence-electron chi connectivity index (χ0n) is 11.8. The van der Waals surface area contributed by atoms with E-state index in [0.29, 0.717) is 6.04 Å². The van der Waals surface area contributed by atoms with Crippen LogP contribution in [0, 0.1) is 0 Å². The standard InChI is InChI=1S/C14H30N2O/c1-4-5-6-7-8-9-10-11-13(14(15)17)16-12(2)3/h12-13,16H,4-11H2,1-3H3,(H2,15,17). The van der Waals surface area contributed by atoms with Gasteiger partial charge < -0.3 is 11.1 Å². The highest BCUT2D eigenvalue weighted by Gasteiger charge is 2.14. The first-order chi connectivity index (χ1) is 8.07. The van der Waals surface area contributed by atoms with Crippen molar-refractivity contribution in [2.75, 3.05) is 0 Å². The fourth-order valence-corrected chi connectivity index (χ4v) is 2.02. The van der Waals surface area contributed by atoms with E-state index in [1.807, 2.05) is 13.8 Å². The summed E-state index contributed by atoms with van der Waals surface area (Å²) in [5.74, 6) is -0.218. The summed E-state index contributed by atoms with van der Waals surface area (Å²) in [6, 6.07) is 0.169. The smallest absolute Gasteiger partial charge is 0.234 e. The predicted octanol–water partition coefficient (Wildman–Crippen LogP) is 2.98. The van der Waals surface area contributed by atoms with Gasteiger partial charge >= 0.3 is 0 Å². The van der Waals surface area contributed by atoms with Crippen molar-refractivity contribution < 1.29 is 4.79 Å². The molecule has 1 amide bonds. The Balaban J connectivity index is 3.51. The minimum atomic E-state index is -0.218. The van der Waals surface area contributed by atoms with Gasteiger partial charge in [-0.15, -0.1) is 0 Å². The Kier molecular flexibility index (Phi) is 10.2. The van der Waals surface area contributed by atoms with Crippen LogP contribution in [-0.4, -0.2) is 18.0 Å². The predicted molar refractivity (Wildman–Crippen MR) is 73.9 cm³/mol. The minimum absolute atomic E-state index is 0.148. The third kappa shape index (κ3) is 10.3. The third-order valence-corrected chi connectivity index (χ3v) is 2.97. The van der Waals surface area contributed by atoms with Gasteiger partial charge in [-0.05, 0) is 6.42 Å². The van der Waals surface area contributed by atoms with E-state index >= 15 is 0 Å². The lowest BCUT2D eigenvalue weighted by Crippen LogP contribution is -2.44. The number of carbonyl (C=O) groups is 1. The average molecular weight is 242 g/mol. The summed E-state index contributed by atoms with van der Waals surface area (Å²) in [6.07, 6.45) is 9.79. The molecule has 3 N–H and O–H groups in total. The van der Waals surface area contributed by atoms with Gasteiger partial charge in [0, 0.05) is 6.04 Å². The number of nitrogens with two attached hydrogens (primary N) is 1. The number of unbranched alkanes of at least 4 members (excludes halogenated alkanes) is 6. The molecule has 0 fully saturated rings. The molecular formula is C14H30N2O. The van der Waals surface area contributed by atoms with Crippen LogP contribution in [0.5, 0.6) is 0 Å². The normalized spacial score (nSPS) is 12.9. The molecule has 0 aliphatic carbocycles. The lowest BCUT2D eigenvalue weighted by molar-refractivity contribution is -0.120. The lowest BCUT2D eigenvalue weighted by atomic mass is 10.0. The van der Waals surface area contributed by atoms with Gasteiger partial charge in [0.05, 0.1) is 6.04 Å². The second-order valence-electron chi connectivity index (χ2n) is 5.19. The van der Waals surface area contributed by atoms with E-state index in [2.05, 4.69) is 12.2 Å². The van der Waals surface area contributed by atoms with E-state index in [0.717, 1.165) is 12.8 Å². The van der Waals surface area contributed by atoms with E-state index in [1.165, 1.54) is 38.5 Å². The number of primary amides is 1. The van der Waals surface area contributed by atoms with Crippen LogP contribution in [0.2, 0.25) is 0 Å². The molecule has 3 nitrogen and oxygen atoms in total. The van der Waals surface area contributed by atoms with Crippen LogP contribution in [0.25, 0.3) is 0 Å². The van der Waals surface area contributed by atoms with Crippen molar-refractivity contribution in [2.45, 2.75) is 84.2 Å². The molecule has 17 heavy (non-hydrogen) atoms. The molecule has 0 aromatic carbocycles. The fourth-order valence-electron chi connectivity index (χ4n) is 2.02. The molecular weight excluding hydrogens is 212 g/mol. The molecule has 0 aromatic rings. The Morgan fingerprint density at radius 2 is 1.59 bits per heavy atom. The summed E-state index contributed by atoms with van der Waals surface area (Å²) < 4.78 is 0. The van der Waals surface area contributed by atoms with Crippen molar-refractivity contribution in [1.82, 2.24) is 5.32 Å². The van der Waals surface area contributed by atoms with Gasteiger partial charge in [-0.3, -0.25) is 4.79 Å². The molecule has 0 heterocycles. The summed E-state index contributed by atoms with van der Waals surface area (Å²) in [5.41, 5.74) is 5.36. The first-order valence-electron chi connectivity index (χ1n) is 7.13. The molecule has 102 valence electrons. The third-order valence-electron chi connectivity index (χ3n) is 2.97. The first-order valence-corrected chi connectivity index (χ1v) is 7.13. The molecule has 0 aliphatic heterocycles. The Morgan fingerprint density at radius 1 is 1.06 bits per heavy atom. The van der Waals surface area contributed by atoms with Crippen molar-refractivity contribution in [2.24, 2.45) is 5.73 Å². The van der Waals surface area contributed by atoms with Gasteiger partial charge in [0.2, 0.25) is 5.91 Å². The maximum atomic E-state index is 11.2. The number of hydrogen-bond acceptors (Lipinski definition) is 2. The van der Waals surface area contributed by atoms with Crippen molar-refractivity contribution in [3.63, 3.8) is 0 Å². The zero-order chi connectivity index (χ0) is 13.1. The number of hydrogen-bond donors (Lipinski definition) is 2. The average Bonchev–Trinajstić information content (AvgIpc) is 2.25.